The summed E-state index contributed by atoms with van der Waals surface area (Å²) in [7, 11) is 2.21. The zero-order valence-corrected chi connectivity index (χ0v) is 16.5. The van der Waals surface area contributed by atoms with Crippen molar-refractivity contribution in [2.75, 3.05) is 68.8 Å². The van der Waals surface area contributed by atoms with Crippen LogP contribution in [0.1, 0.15) is 26.7 Å². The third-order valence-electron chi connectivity index (χ3n) is 5.63. The zero-order valence-electron chi connectivity index (χ0n) is 16.5. The van der Waals surface area contributed by atoms with Gasteiger partial charge in [-0.05, 0) is 51.9 Å². The normalized spacial score (nSPS) is 21.2. The summed E-state index contributed by atoms with van der Waals surface area (Å²) in [5.74, 6) is 0. The summed E-state index contributed by atoms with van der Waals surface area (Å²) in [6, 6.07) is 6.92. The largest absolute Gasteiger partial charge is 0.397 e. The lowest BCUT2D eigenvalue weighted by Crippen LogP contribution is -2.52. The number of benzene rings is 1. The average molecular weight is 362 g/mol. The fraction of sp³-hybridized carbons (Fsp3) is 0.700. The van der Waals surface area contributed by atoms with Crippen molar-refractivity contribution in [3.63, 3.8) is 0 Å². The molecule has 26 heavy (non-hydrogen) atoms. The van der Waals surface area contributed by atoms with Crippen LogP contribution in [0.3, 0.4) is 0 Å². The molecule has 2 aliphatic heterocycles. The molecule has 2 saturated heterocycles. The van der Waals surface area contributed by atoms with E-state index >= 15 is 0 Å². The number of nitrogens with one attached hydrogen (secondary N) is 1. The molecule has 0 atom stereocenters. The summed E-state index contributed by atoms with van der Waals surface area (Å²) in [4.78, 5) is 7.56. The Hall–Kier alpha value is -1.50. The van der Waals surface area contributed by atoms with E-state index in [2.05, 4.69) is 39.2 Å². The van der Waals surface area contributed by atoms with Gasteiger partial charge < -0.3 is 26.0 Å². The van der Waals surface area contributed by atoms with E-state index in [0.29, 0.717) is 6.54 Å². The minimum Gasteiger partial charge on any atom is -0.397 e. The number of hydrogen-bond acceptors (Lipinski definition) is 6. The van der Waals surface area contributed by atoms with E-state index in [4.69, 9.17) is 5.73 Å². The van der Waals surface area contributed by atoms with Crippen LogP contribution in [-0.2, 0) is 0 Å². The molecule has 6 heteroatoms. The first-order valence-corrected chi connectivity index (χ1v) is 9.85. The molecule has 0 aliphatic carbocycles. The van der Waals surface area contributed by atoms with Crippen LogP contribution in [0.4, 0.5) is 17.1 Å². The number of nitrogens with two attached hydrogens (primary N) is 1. The molecular weight excluding hydrogens is 326 g/mol. The van der Waals surface area contributed by atoms with Crippen LogP contribution in [0.15, 0.2) is 18.2 Å². The standard InChI is InChI=1S/C20H35N5O/c1-20(2,26)15-22-19-14-17(4-5-18(19)21)24-8-6-16(7-9-24)25-12-10-23(3)11-13-25/h4-5,14,16,22,26H,6-13,15,21H2,1-3H3. The molecule has 6 nitrogen and oxygen atoms in total. The maximum absolute atomic E-state index is 9.94. The fourth-order valence-corrected chi connectivity index (χ4v) is 3.88. The van der Waals surface area contributed by atoms with E-state index in [1.165, 1.54) is 44.7 Å². The number of aliphatic hydroxyl groups is 1. The van der Waals surface area contributed by atoms with Gasteiger partial charge in [-0.3, -0.25) is 4.90 Å². The van der Waals surface area contributed by atoms with Gasteiger partial charge in [-0.1, -0.05) is 0 Å². The highest BCUT2D eigenvalue weighted by Gasteiger charge is 2.27. The molecule has 0 unspecified atom stereocenters. The highest BCUT2D eigenvalue weighted by molar-refractivity contribution is 5.72. The predicted octanol–water partition coefficient (Wildman–Crippen LogP) is 1.67. The van der Waals surface area contributed by atoms with Crippen molar-refractivity contribution in [1.29, 1.82) is 0 Å². The molecule has 3 rings (SSSR count). The third-order valence-corrected chi connectivity index (χ3v) is 5.63. The summed E-state index contributed by atoms with van der Waals surface area (Å²) in [5, 5.41) is 13.2. The van der Waals surface area contributed by atoms with Gasteiger partial charge in [0.25, 0.3) is 0 Å². The van der Waals surface area contributed by atoms with Gasteiger partial charge in [0.2, 0.25) is 0 Å². The van der Waals surface area contributed by atoms with Gasteiger partial charge in [0, 0.05) is 57.5 Å². The van der Waals surface area contributed by atoms with Crippen LogP contribution in [-0.4, -0.2) is 79.4 Å². The number of anilines is 3. The Morgan fingerprint density at radius 2 is 1.77 bits per heavy atom. The molecule has 2 fully saturated rings. The zero-order chi connectivity index (χ0) is 18.7. The van der Waals surface area contributed by atoms with E-state index < -0.39 is 5.60 Å². The van der Waals surface area contributed by atoms with E-state index in [1.807, 2.05) is 6.07 Å². The maximum Gasteiger partial charge on any atom is 0.0763 e. The number of nitrogens with zero attached hydrogens (tertiary/aromatic N) is 3. The number of hydrogen-bond donors (Lipinski definition) is 3. The lowest BCUT2D eigenvalue weighted by atomic mass is 10.0. The van der Waals surface area contributed by atoms with E-state index in [-0.39, 0.29) is 0 Å². The van der Waals surface area contributed by atoms with Gasteiger partial charge >= 0.3 is 0 Å². The topological polar surface area (TPSA) is 68.0 Å². The number of piperazine rings is 1. The number of piperidine rings is 1. The summed E-state index contributed by atoms with van der Waals surface area (Å²) in [6.45, 7) is 11.0. The highest BCUT2D eigenvalue weighted by atomic mass is 16.3. The lowest BCUT2D eigenvalue weighted by Gasteiger charge is -2.42. The number of likely N-dealkylation sites (N-methyl/N-ethyl adjacent to an activating group) is 1. The Morgan fingerprint density at radius 1 is 1.12 bits per heavy atom. The Labute approximate surface area is 157 Å². The van der Waals surface area contributed by atoms with Crippen LogP contribution < -0.4 is 16.0 Å². The molecule has 1 aromatic rings. The van der Waals surface area contributed by atoms with Crippen molar-refractivity contribution in [2.45, 2.75) is 38.3 Å². The summed E-state index contributed by atoms with van der Waals surface area (Å²) in [6.07, 6.45) is 2.45. The van der Waals surface area contributed by atoms with Crippen LogP contribution in [0.25, 0.3) is 0 Å². The Bertz CT molecular complexity index is 584. The predicted molar refractivity (Wildman–Crippen MR) is 110 cm³/mol. The van der Waals surface area contributed by atoms with Crippen LogP contribution in [0.5, 0.6) is 0 Å². The van der Waals surface area contributed by atoms with Crippen molar-refractivity contribution >= 4 is 17.1 Å². The minimum atomic E-state index is -0.761. The van der Waals surface area contributed by atoms with Crippen molar-refractivity contribution < 1.29 is 5.11 Å². The quantitative estimate of drug-likeness (QED) is 0.693. The second-order valence-corrected chi connectivity index (χ2v) is 8.50. The molecule has 0 radical (unpaired) electrons. The van der Waals surface area contributed by atoms with Crippen molar-refractivity contribution in [3.05, 3.63) is 18.2 Å². The first-order valence-electron chi connectivity index (χ1n) is 9.85. The summed E-state index contributed by atoms with van der Waals surface area (Å²) in [5.41, 5.74) is 8.20. The van der Waals surface area contributed by atoms with Crippen LogP contribution >= 0.6 is 0 Å². The summed E-state index contributed by atoms with van der Waals surface area (Å²) >= 11 is 0. The summed E-state index contributed by atoms with van der Waals surface area (Å²) < 4.78 is 0. The second-order valence-electron chi connectivity index (χ2n) is 8.50. The van der Waals surface area contributed by atoms with E-state index in [1.54, 1.807) is 13.8 Å². The van der Waals surface area contributed by atoms with Gasteiger partial charge in [0.05, 0.1) is 17.0 Å². The third kappa shape index (κ3) is 5.02. The van der Waals surface area contributed by atoms with Gasteiger partial charge in [0.1, 0.15) is 0 Å². The van der Waals surface area contributed by atoms with Crippen molar-refractivity contribution in [3.8, 4) is 0 Å². The molecule has 1 aromatic carbocycles. The number of rotatable bonds is 5. The van der Waals surface area contributed by atoms with Crippen molar-refractivity contribution in [2.24, 2.45) is 0 Å². The smallest absolute Gasteiger partial charge is 0.0763 e. The van der Waals surface area contributed by atoms with Gasteiger partial charge in [-0.2, -0.15) is 0 Å². The molecule has 2 heterocycles. The first kappa shape index (κ1) is 19.3. The van der Waals surface area contributed by atoms with Gasteiger partial charge in [0.15, 0.2) is 0 Å². The Kier molecular flexibility index (Phi) is 5.95. The second kappa shape index (κ2) is 8.03. The van der Waals surface area contributed by atoms with Gasteiger partial charge in [-0.25, -0.2) is 0 Å². The first-order chi connectivity index (χ1) is 12.3. The molecule has 0 amide bonds. The Morgan fingerprint density at radius 3 is 2.38 bits per heavy atom. The fourth-order valence-electron chi connectivity index (χ4n) is 3.88. The van der Waals surface area contributed by atoms with Crippen LogP contribution in [0.2, 0.25) is 0 Å². The molecule has 0 bridgehead atoms. The van der Waals surface area contributed by atoms with E-state index in [9.17, 15) is 5.11 Å². The van der Waals surface area contributed by atoms with Crippen LogP contribution in [0, 0.1) is 0 Å². The molecule has 146 valence electrons. The molecule has 2 aliphatic rings. The average Bonchev–Trinajstić information content (AvgIpc) is 2.61. The molecule has 0 saturated carbocycles. The molecule has 4 N–H and O–H groups in total. The lowest BCUT2D eigenvalue weighted by molar-refractivity contribution is 0.0945. The molecule has 0 spiro atoms. The van der Waals surface area contributed by atoms with Gasteiger partial charge in [-0.15, -0.1) is 0 Å². The molecular formula is C20H35N5O. The van der Waals surface area contributed by atoms with E-state index in [0.717, 1.165) is 30.5 Å². The maximum atomic E-state index is 9.94. The van der Waals surface area contributed by atoms with Crippen molar-refractivity contribution in [1.82, 2.24) is 9.80 Å². The minimum absolute atomic E-state index is 0.478. The number of nitrogen functional groups attached to an aromatic ring is 1. The molecule has 0 aromatic heterocycles. The SMILES string of the molecule is CN1CCN(C2CCN(c3ccc(N)c(NCC(C)(C)O)c3)CC2)CC1. The monoisotopic (exact) mass is 361 g/mol. The highest BCUT2D eigenvalue weighted by Crippen LogP contribution is 2.29. The Balaban J connectivity index is 1.57.